The average molecular weight is 391 g/mol. The maximum absolute atomic E-state index is 13.4. The van der Waals surface area contributed by atoms with Crippen molar-refractivity contribution in [3.63, 3.8) is 0 Å². The fourth-order valence-corrected chi connectivity index (χ4v) is 4.19. The van der Waals surface area contributed by atoms with Crippen LogP contribution in [0, 0.1) is 6.92 Å². The monoisotopic (exact) mass is 390 g/mol. The number of nitrogens with zero attached hydrogens (tertiary/aromatic N) is 4. The van der Waals surface area contributed by atoms with Gasteiger partial charge in [-0.15, -0.1) is 0 Å². The van der Waals surface area contributed by atoms with Crippen molar-refractivity contribution >= 4 is 17.6 Å². The second-order valence-electron chi connectivity index (χ2n) is 7.98. The molecule has 2 aromatic rings. The van der Waals surface area contributed by atoms with Crippen LogP contribution in [0.3, 0.4) is 0 Å². The Balaban J connectivity index is 1.60. The lowest BCUT2D eigenvalue weighted by Crippen LogP contribution is -2.53. The summed E-state index contributed by atoms with van der Waals surface area (Å²) in [5, 5.41) is 0. The van der Waals surface area contributed by atoms with Crippen LogP contribution in [0.1, 0.15) is 24.5 Å². The summed E-state index contributed by atoms with van der Waals surface area (Å²) in [6, 6.07) is 18.0. The molecule has 2 aliphatic rings. The highest BCUT2D eigenvalue weighted by atomic mass is 16.2. The number of piperazine rings is 1. The Morgan fingerprint density at radius 1 is 1.00 bits per heavy atom. The first-order chi connectivity index (χ1) is 14.2. The van der Waals surface area contributed by atoms with Crippen LogP contribution < -0.4 is 4.90 Å². The lowest BCUT2D eigenvalue weighted by atomic mass is 10.1. The van der Waals surface area contributed by atoms with Crippen LogP contribution in [-0.2, 0) is 11.2 Å². The van der Waals surface area contributed by atoms with Gasteiger partial charge in [0.05, 0.1) is 5.69 Å². The van der Waals surface area contributed by atoms with Gasteiger partial charge in [-0.05, 0) is 43.1 Å². The number of aryl methyl sites for hydroxylation is 1. The van der Waals surface area contributed by atoms with Gasteiger partial charge in [0.1, 0.15) is 6.04 Å². The van der Waals surface area contributed by atoms with Crippen molar-refractivity contribution in [3.05, 3.63) is 65.7 Å². The van der Waals surface area contributed by atoms with Gasteiger partial charge < -0.3 is 4.90 Å². The molecular weight excluding hydrogens is 360 g/mol. The number of guanidine groups is 1. The summed E-state index contributed by atoms with van der Waals surface area (Å²) in [5.41, 5.74) is 3.21. The van der Waals surface area contributed by atoms with Gasteiger partial charge >= 0.3 is 0 Å². The number of benzene rings is 2. The van der Waals surface area contributed by atoms with E-state index in [4.69, 9.17) is 4.99 Å². The zero-order valence-corrected chi connectivity index (χ0v) is 17.4. The molecular formula is C24H30N4O. The summed E-state index contributed by atoms with van der Waals surface area (Å²) in [4.78, 5) is 25.0. The second-order valence-corrected chi connectivity index (χ2v) is 7.98. The van der Waals surface area contributed by atoms with E-state index in [9.17, 15) is 4.79 Å². The molecule has 1 saturated heterocycles. The van der Waals surface area contributed by atoms with Gasteiger partial charge in [-0.3, -0.25) is 9.69 Å². The first-order valence-corrected chi connectivity index (χ1v) is 10.7. The van der Waals surface area contributed by atoms with E-state index < -0.39 is 0 Å². The maximum atomic E-state index is 13.4. The third-order valence-electron chi connectivity index (χ3n) is 5.70. The summed E-state index contributed by atoms with van der Waals surface area (Å²) < 4.78 is 0. The van der Waals surface area contributed by atoms with Gasteiger partial charge in [0.2, 0.25) is 5.96 Å². The van der Waals surface area contributed by atoms with Crippen LogP contribution >= 0.6 is 0 Å². The van der Waals surface area contributed by atoms with E-state index >= 15 is 0 Å². The summed E-state index contributed by atoms with van der Waals surface area (Å²) in [7, 11) is 0. The van der Waals surface area contributed by atoms with Crippen LogP contribution in [0.15, 0.2) is 59.6 Å². The number of rotatable bonds is 5. The molecule has 1 fully saturated rings. The molecule has 5 heteroatoms. The van der Waals surface area contributed by atoms with Crippen LogP contribution in [0.2, 0.25) is 0 Å². The largest absolute Gasteiger partial charge is 0.340 e. The molecule has 0 spiro atoms. The molecule has 4 rings (SSSR count). The smallest absolute Gasteiger partial charge is 0.259 e. The minimum Gasteiger partial charge on any atom is -0.340 e. The molecule has 0 saturated carbocycles. The Morgan fingerprint density at radius 2 is 1.76 bits per heavy atom. The van der Waals surface area contributed by atoms with Gasteiger partial charge in [-0.2, -0.15) is 0 Å². The summed E-state index contributed by atoms with van der Waals surface area (Å²) in [5.74, 6) is 0.892. The lowest BCUT2D eigenvalue weighted by Gasteiger charge is -2.37. The molecule has 152 valence electrons. The van der Waals surface area contributed by atoms with Crippen molar-refractivity contribution in [2.24, 2.45) is 4.99 Å². The highest BCUT2D eigenvalue weighted by molar-refractivity contribution is 6.22. The molecule has 1 atom stereocenters. The zero-order valence-electron chi connectivity index (χ0n) is 17.4. The van der Waals surface area contributed by atoms with Crippen molar-refractivity contribution in [1.82, 2.24) is 9.80 Å². The van der Waals surface area contributed by atoms with E-state index in [0.29, 0.717) is 6.42 Å². The Kier molecular flexibility index (Phi) is 5.95. The third-order valence-corrected chi connectivity index (χ3v) is 5.70. The standard InChI is InChI=1S/C24H30N4O/c1-3-12-26-13-15-27(16-14-26)24-25-22(18-20-9-5-4-6-10-20)23(29)28(24)21-11-7-8-19(2)17-21/h4-11,17,22H,3,12-16,18H2,1-2H3. The van der Waals surface area contributed by atoms with Crippen LogP contribution in [-0.4, -0.2) is 60.4 Å². The zero-order chi connectivity index (χ0) is 20.2. The predicted molar refractivity (Wildman–Crippen MR) is 118 cm³/mol. The number of carbonyl (C=O) groups excluding carboxylic acids is 1. The first-order valence-electron chi connectivity index (χ1n) is 10.7. The number of hydrogen-bond acceptors (Lipinski definition) is 4. The lowest BCUT2D eigenvalue weighted by molar-refractivity contribution is -0.118. The van der Waals surface area contributed by atoms with E-state index in [1.54, 1.807) is 0 Å². The van der Waals surface area contributed by atoms with E-state index in [1.807, 2.05) is 35.2 Å². The molecule has 1 amide bonds. The molecule has 0 bridgehead atoms. The number of aliphatic imine (C=N–C) groups is 1. The second kappa shape index (κ2) is 8.78. The molecule has 0 aromatic heterocycles. The van der Waals surface area contributed by atoms with Crippen LogP contribution in [0.25, 0.3) is 0 Å². The van der Waals surface area contributed by atoms with Crippen molar-refractivity contribution in [3.8, 4) is 0 Å². The van der Waals surface area contributed by atoms with Crippen molar-refractivity contribution in [2.45, 2.75) is 32.7 Å². The predicted octanol–water partition coefficient (Wildman–Crippen LogP) is 3.34. The molecule has 29 heavy (non-hydrogen) atoms. The van der Waals surface area contributed by atoms with E-state index in [1.165, 1.54) is 6.42 Å². The summed E-state index contributed by atoms with van der Waals surface area (Å²) in [6.45, 7) is 9.28. The molecule has 0 aliphatic carbocycles. The average Bonchev–Trinajstić information content (AvgIpc) is 3.06. The third kappa shape index (κ3) is 4.35. The fraction of sp³-hybridized carbons (Fsp3) is 0.417. The van der Waals surface area contributed by atoms with E-state index in [2.05, 4.69) is 47.9 Å². The normalized spacial score (nSPS) is 20.3. The fourth-order valence-electron chi connectivity index (χ4n) is 4.19. The minimum atomic E-state index is -0.360. The summed E-state index contributed by atoms with van der Waals surface area (Å²) >= 11 is 0. The van der Waals surface area contributed by atoms with Gasteiger partial charge in [0.15, 0.2) is 0 Å². The maximum Gasteiger partial charge on any atom is 0.259 e. The van der Waals surface area contributed by atoms with E-state index in [-0.39, 0.29) is 11.9 Å². The molecule has 2 aliphatic heterocycles. The van der Waals surface area contributed by atoms with Crippen molar-refractivity contribution in [2.75, 3.05) is 37.6 Å². The topological polar surface area (TPSA) is 39.1 Å². The Morgan fingerprint density at radius 3 is 2.45 bits per heavy atom. The molecule has 1 unspecified atom stereocenters. The number of amides is 1. The number of anilines is 1. The summed E-state index contributed by atoms with van der Waals surface area (Å²) in [6.07, 6.45) is 1.81. The minimum absolute atomic E-state index is 0.0745. The van der Waals surface area contributed by atoms with Gasteiger partial charge in [-0.1, -0.05) is 49.4 Å². The number of carbonyl (C=O) groups is 1. The first kappa shape index (κ1) is 19.6. The van der Waals surface area contributed by atoms with Gasteiger partial charge in [0.25, 0.3) is 5.91 Å². The van der Waals surface area contributed by atoms with E-state index in [0.717, 1.165) is 55.5 Å². The Bertz CT molecular complexity index is 871. The molecule has 2 aromatic carbocycles. The molecule has 0 radical (unpaired) electrons. The van der Waals surface area contributed by atoms with Gasteiger partial charge in [-0.25, -0.2) is 9.89 Å². The van der Waals surface area contributed by atoms with Crippen molar-refractivity contribution in [1.29, 1.82) is 0 Å². The quantitative estimate of drug-likeness (QED) is 0.786. The highest BCUT2D eigenvalue weighted by Gasteiger charge is 2.39. The molecule has 2 heterocycles. The highest BCUT2D eigenvalue weighted by Crippen LogP contribution is 2.26. The Labute approximate surface area is 173 Å². The van der Waals surface area contributed by atoms with Crippen LogP contribution in [0.4, 0.5) is 5.69 Å². The molecule has 5 nitrogen and oxygen atoms in total. The van der Waals surface area contributed by atoms with Crippen molar-refractivity contribution < 1.29 is 4.79 Å². The van der Waals surface area contributed by atoms with Gasteiger partial charge in [0, 0.05) is 32.6 Å². The van der Waals surface area contributed by atoms with Crippen LogP contribution in [0.5, 0.6) is 0 Å². The Hall–Kier alpha value is -2.66. The SMILES string of the molecule is CCCN1CCN(C2=NC(Cc3ccccc3)C(=O)N2c2cccc(C)c2)CC1. The molecule has 0 N–H and O–H groups in total. The number of hydrogen-bond donors (Lipinski definition) is 0.